The third-order valence-corrected chi connectivity index (χ3v) is 3.94. The summed E-state index contributed by atoms with van der Waals surface area (Å²) in [5.74, 6) is 0.112. The predicted molar refractivity (Wildman–Crippen MR) is 106 cm³/mol. The smallest absolute Gasteiger partial charge is 0.153 e. The van der Waals surface area contributed by atoms with Crippen LogP contribution in [0.3, 0.4) is 0 Å². The fourth-order valence-corrected chi connectivity index (χ4v) is 2.26. The lowest BCUT2D eigenvalue weighted by Crippen LogP contribution is -2.17. The lowest BCUT2D eigenvalue weighted by Gasteiger charge is -2.26. The van der Waals surface area contributed by atoms with Crippen molar-refractivity contribution in [3.05, 3.63) is 53.1 Å². The molecular weight excluding hydrogens is 312 g/mol. The lowest BCUT2D eigenvalue weighted by atomic mass is 9.79. The van der Waals surface area contributed by atoms with Crippen molar-refractivity contribution in [2.75, 3.05) is 11.5 Å². The van der Waals surface area contributed by atoms with Crippen LogP contribution in [-0.2, 0) is 10.8 Å². The molecular formula is C21H30N2O2. The van der Waals surface area contributed by atoms with Crippen LogP contribution < -0.4 is 11.5 Å². The molecule has 4 nitrogen and oxygen atoms in total. The second-order valence-corrected chi connectivity index (χ2v) is 8.21. The molecule has 4 heteroatoms. The third-order valence-electron chi connectivity index (χ3n) is 3.94. The number of aromatic hydroxyl groups is 1. The number of carbonyl (C=O) groups is 1. The summed E-state index contributed by atoms with van der Waals surface area (Å²) < 4.78 is 0. The largest absolute Gasteiger partial charge is 0.507 e. The van der Waals surface area contributed by atoms with E-state index in [9.17, 15) is 9.90 Å². The van der Waals surface area contributed by atoms with Crippen LogP contribution in [0.2, 0.25) is 0 Å². The van der Waals surface area contributed by atoms with E-state index >= 15 is 0 Å². The molecule has 2 aromatic rings. The van der Waals surface area contributed by atoms with E-state index in [1.165, 1.54) is 0 Å². The number of carbonyl (C=O) groups excluding carboxylic acids is 1. The Morgan fingerprint density at radius 2 is 1.36 bits per heavy atom. The highest BCUT2D eigenvalue weighted by molar-refractivity contribution is 5.81. The highest BCUT2D eigenvalue weighted by Gasteiger charge is 2.24. The number of hydrogen-bond acceptors (Lipinski definition) is 4. The first-order valence-corrected chi connectivity index (χ1v) is 8.31. The maximum Gasteiger partial charge on any atom is 0.153 e. The Labute approximate surface area is 150 Å². The van der Waals surface area contributed by atoms with Gasteiger partial charge in [0.15, 0.2) is 6.29 Å². The number of nitrogen functional groups attached to an aromatic ring is 2. The summed E-state index contributed by atoms with van der Waals surface area (Å²) in [6, 6.07) is 11.0. The standard InChI is InChI=1S/C15H22O2.C6H8N2/c1-14(2,3)11-7-10(9-16)13(17)12(8-11)15(4,5)6;7-5-3-1-2-4-6(5)8/h7-9,17H,1-6H3;1-4H,7-8H2. The Balaban J connectivity index is 0.000000324. The van der Waals surface area contributed by atoms with Gasteiger partial charge in [0.05, 0.1) is 16.9 Å². The molecule has 25 heavy (non-hydrogen) atoms. The molecule has 136 valence electrons. The highest BCUT2D eigenvalue weighted by atomic mass is 16.3. The van der Waals surface area contributed by atoms with Crippen LogP contribution >= 0.6 is 0 Å². The zero-order chi connectivity index (χ0) is 19.4. The number of benzene rings is 2. The van der Waals surface area contributed by atoms with Gasteiger partial charge >= 0.3 is 0 Å². The molecule has 0 aliphatic heterocycles. The number of hydrogen-bond donors (Lipinski definition) is 3. The second-order valence-electron chi connectivity index (χ2n) is 8.21. The van der Waals surface area contributed by atoms with E-state index in [1.807, 2.05) is 39.0 Å². The summed E-state index contributed by atoms with van der Waals surface area (Å²) in [6.45, 7) is 12.4. The minimum absolute atomic E-state index is 0.0362. The molecule has 5 N–H and O–H groups in total. The van der Waals surface area contributed by atoms with Crippen LogP contribution in [-0.4, -0.2) is 11.4 Å². The van der Waals surface area contributed by atoms with Crippen molar-refractivity contribution >= 4 is 17.7 Å². The van der Waals surface area contributed by atoms with E-state index < -0.39 is 0 Å². The Kier molecular flexibility index (Phi) is 6.25. The molecule has 0 bridgehead atoms. The fourth-order valence-electron chi connectivity index (χ4n) is 2.26. The average Bonchev–Trinajstić information content (AvgIpc) is 2.49. The molecule has 0 aliphatic carbocycles. The minimum atomic E-state index is -0.177. The van der Waals surface area contributed by atoms with Gasteiger partial charge in [0.2, 0.25) is 0 Å². The van der Waals surface area contributed by atoms with Gasteiger partial charge in [-0.05, 0) is 34.6 Å². The molecule has 0 saturated heterocycles. The van der Waals surface area contributed by atoms with Gasteiger partial charge in [-0.2, -0.15) is 0 Å². The Morgan fingerprint density at radius 3 is 1.68 bits per heavy atom. The number of phenols is 1. The average molecular weight is 342 g/mol. The van der Waals surface area contributed by atoms with Crippen LogP contribution in [0.25, 0.3) is 0 Å². The lowest BCUT2D eigenvalue weighted by molar-refractivity contribution is 0.112. The van der Waals surface area contributed by atoms with Crippen LogP contribution in [0.4, 0.5) is 11.4 Å². The van der Waals surface area contributed by atoms with Crippen molar-refractivity contribution < 1.29 is 9.90 Å². The van der Waals surface area contributed by atoms with E-state index in [4.69, 9.17) is 11.5 Å². The van der Waals surface area contributed by atoms with Gasteiger partial charge in [0.25, 0.3) is 0 Å². The molecule has 0 aromatic heterocycles. The van der Waals surface area contributed by atoms with Crippen molar-refractivity contribution in [3.63, 3.8) is 0 Å². The van der Waals surface area contributed by atoms with Gasteiger partial charge in [-0.3, -0.25) is 4.79 Å². The fraction of sp³-hybridized carbons (Fsp3) is 0.381. The first-order chi connectivity index (χ1) is 11.4. The zero-order valence-corrected chi connectivity index (χ0v) is 16.1. The highest BCUT2D eigenvalue weighted by Crippen LogP contribution is 2.36. The van der Waals surface area contributed by atoms with Crippen molar-refractivity contribution in [3.8, 4) is 5.75 Å². The molecule has 0 unspecified atom stereocenters. The molecule has 0 radical (unpaired) electrons. The predicted octanol–water partition coefficient (Wildman–Crippen LogP) is 4.65. The minimum Gasteiger partial charge on any atom is -0.507 e. The van der Waals surface area contributed by atoms with Crippen molar-refractivity contribution in [2.45, 2.75) is 52.4 Å². The molecule has 0 atom stereocenters. The van der Waals surface area contributed by atoms with Gasteiger partial charge in [0, 0.05) is 5.56 Å². The summed E-state index contributed by atoms with van der Waals surface area (Å²) in [7, 11) is 0. The van der Waals surface area contributed by atoms with E-state index in [-0.39, 0.29) is 16.6 Å². The number of aldehydes is 1. The van der Waals surface area contributed by atoms with Crippen LogP contribution in [0, 0.1) is 0 Å². The molecule has 0 amide bonds. The van der Waals surface area contributed by atoms with E-state index in [0.717, 1.165) is 17.4 Å². The van der Waals surface area contributed by atoms with Gasteiger partial charge in [-0.25, -0.2) is 0 Å². The maximum atomic E-state index is 11.0. The van der Waals surface area contributed by atoms with Crippen LogP contribution in [0.15, 0.2) is 36.4 Å². The summed E-state index contributed by atoms with van der Waals surface area (Å²) in [4.78, 5) is 11.0. The van der Waals surface area contributed by atoms with Crippen LogP contribution in [0.1, 0.15) is 63.0 Å². The zero-order valence-electron chi connectivity index (χ0n) is 16.1. The molecule has 0 spiro atoms. The molecule has 0 fully saturated rings. The van der Waals surface area contributed by atoms with Crippen LogP contribution in [0.5, 0.6) is 5.75 Å². The van der Waals surface area contributed by atoms with Crippen molar-refractivity contribution in [1.82, 2.24) is 0 Å². The van der Waals surface area contributed by atoms with E-state index in [1.54, 1.807) is 18.2 Å². The number of para-hydroxylation sites is 2. The topological polar surface area (TPSA) is 89.3 Å². The van der Waals surface area contributed by atoms with Crippen molar-refractivity contribution in [2.24, 2.45) is 0 Å². The summed E-state index contributed by atoms with van der Waals surface area (Å²) >= 11 is 0. The maximum absolute atomic E-state index is 11.0. The number of phenolic OH excluding ortho intramolecular Hbond substituents is 1. The summed E-state index contributed by atoms with van der Waals surface area (Å²) in [5, 5.41) is 10.1. The van der Waals surface area contributed by atoms with Crippen molar-refractivity contribution in [1.29, 1.82) is 0 Å². The molecule has 0 saturated carbocycles. The molecule has 0 heterocycles. The number of rotatable bonds is 1. The molecule has 2 rings (SSSR count). The van der Waals surface area contributed by atoms with E-state index in [2.05, 4.69) is 20.8 Å². The number of nitrogens with two attached hydrogens (primary N) is 2. The summed E-state index contributed by atoms with van der Waals surface area (Å²) in [6.07, 6.45) is 0.722. The first kappa shape index (κ1) is 20.6. The van der Waals surface area contributed by atoms with Gasteiger partial charge in [-0.15, -0.1) is 0 Å². The van der Waals surface area contributed by atoms with Gasteiger partial charge in [0.1, 0.15) is 5.75 Å². The molecule has 2 aromatic carbocycles. The normalized spacial score (nSPS) is 11.4. The second kappa shape index (κ2) is 7.60. The Hall–Kier alpha value is -2.49. The van der Waals surface area contributed by atoms with E-state index in [0.29, 0.717) is 16.9 Å². The SMILES string of the molecule is CC(C)(C)c1cc(C=O)c(O)c(C(C)(C)C)c1.Nc1ccccc1N. The summed E-state index contributed by atoms with van der Waals surface area (Å²) in [5.41, 5.74) is 14.1. The Bertz CT molecular complexity index is 718. The van der Waals surface area contributed by atoms with Gasteiger partial charge in [-0.1, -0.05) is 59.7 Å². The molecule has 0 aliphatic rings. The van der Waals surface area contributed by atoms with Gasteiger partial charge < -0.3 is 16.6 Å². The quantitative estimate of drug-likeness (QED) is 0.520. The third kappa shape index (κ3) is 5.52. The monoisotopic (exact) mass is 342 g/mol. The Morgan fingerprint density at radius 1 is 0.880 bits per heavy atom. The first-order valence-electron chi connectivity index (χ1n) is 8.31. The number of anilines is 2.